The van der Waals surface area contributed by atoms with Crippen molar-refractivity contribution in [2.45, 2.75) is 0 Å². The molecule has 80 valence electrons. The standard InChI is InChI=1S/C10H13IN4/c1-12-4-5-13-10-6-14-9-3-2-8(11)7-15(9)10/h2-3,6-7,12-13H,4-5H2,1H3. The summed E-state index contributed by atoms with van der Waals surface area (Å²) >= 11 is 2.30. The predicted octanol–water partition coefficient (Wildman–Crippen LogP) is 1.57. The molecule has 0 saturated heterocycles. The number of rotatable bonds is 4. The molecule has 2 N–H and O–H groups in total. The van der Waals surface area contributed by atoms with E-state index in [-0.39, 0.29) is 0 Å². The fourth-order valence-corrected chi connectivity index (χ4v) is 1.86. The van der Waals surface area contributed by atoms with Crippen LogP contribution in [0.25, 0.3) is 5.65 Å². The quantitative estimate of drug-likeness (QED) is 0.665. The number of likely N-dealkylation sites (N-methyl/N-ethyl adjacent to an activating group) is 1. The molecule has 0 radical (unpaired) electrons. The molecular formula is C10H13IN4. The van der Waals surface area contributed by atoms with Crippen molar-refractivity contribution >= 4 is 34.1 Å². The van der Waals surface area contributed by atoms with Gasteiger partial charge in [-0.05, 0) is 41.8 Å². The molecule has 0 bridgehead atoms. The summed E-state index contributed by atoms with van der Waals surface area (Å²) in [6, 6.07) is 4.07. The van der Waals surface area contributed by atoms with Crippen molar-refractivity contribution in [1.29, 1.82) is 0 Å². The van der Waals surface area contributed by atoms with Crippen molar-refractivity contribution in [2.24, 2.45) is 0 Å². The smallest absolute Gasteiger partial charge is 0.138 e. The molecule has 0 fully saturated rings. The van der Waals surface area contributed by atoms with Crippen LogP contribution >= 0.6 is 22.6 Å². The van der Waals surface area contributed by atoms with Gasteiger partial charge in [0.05, 0.1) is 6.20 Å². The topological polar surface area (TPSA) is 41.4 Å². The number of aromatic nitrogens is 2. The van der Waals surface area contributed by atoms with Crippen LogP contribution in [0.3, 0.4) is 0 Å². The zero-order valence-electron chi connectivity index (χ0n) is 8.50. The van der Waals surface area contributed by atoms with Gasteiger partial charge in [0.25, 0.3) is 0 Å². The van der Waals surface area contributed by atoms with Crippen LogP contribution < -0.4 is 10.6 Å². The molecule has 5 heteroatoms. The molecule has 0 spiro atoms. The van der Waals surface area contributed by atoms with Crippen LogP contribution in [0.1, 0.15) is 0 Å². The molecule has 0 saturated carbocycles. The molecule has 0 aliphatic carbocycles. The zero-order chi connectivity index (χ0) is 10.7. The third-order valence-electron chi connectivity index (χ3n) is 2.15. The molecule has 0 amide bonds. The van der Waals surface area contributed by atoms with Crippen LogP contribution in [0, 0.1) is 3.57 Å². The molecule has 2 aromatic rings. The highest BCUT2D eigenvalue weighted by Crippen LogP contribution is 2.13. The Labute approximate surface area is 102 Å². The van der Waals surface area contributed by atoms with Gasteiger partial charge >= 0.3 is 0 Å². The fraction of sp³-hybridized carbons (Fsp3) is 0.300. The van der Waals surface area contributed by atoms with Crippen molar-refractivity contribution in [3.8, 4) is 0 Å². The first-order valence-corrected chi connectivity index (χ1v) is 5.90. The summed E-state index contributed by atoms with van der Waals surface area (Å²) in [7, 11) is 1.94. The average molecular weight is 316 g/mol. The lowest BCUT2D eigenvalue weighted by Gasteiger charge is -2.05. The Bertz CT molecular complexity index is 452. The highest BCUT2D eigenvalue weighted by atomic mass is 127. The second-order valence-electron chi connectivity index (χ2n) is 3.25. The van der Waals surface area contributed by atoms with E-state index < -0.39 is 0 Å². The van der Waals surface area contributed by atoms with Crippen LogP contribution in [0.5, 0.6) is 0 Å². The van der Waals surface area contributed by atoms with E-state index in [1.165, 1.54) is 3.57 Å². The highest BCUT2D eigenvalue weighted by Gasteiger charge is 2.01. The van der Waals surface area contributed by atoms with Gasteiger partial charge in [0.15, 0.2) is 0 Å². The lowest BCUT2D eigenvalue weighted by atomic mass is 10.5. The molecule has 0 unspecified atom stereocenters. The van der Waals surface area contributed by atoms with Gasteiger partial charge in [-0.1, -0.05) is 0 Å². The molecule has 15 heavy (non-hydrogen) atoms. The van der Waals surface area contributed by atoms with Crippen molar-refractivity contribution in [2.75, 3.05) is 25.5 Å². The number of imidazole rings is 1. The van der Waals surface area contributed by atoms with Crippen molar-refractivity contribution in [3.05, 3.63) is 28.1 Å². The molecule has 0 atom stereocenters. The molecule has 2 rings (SSSR count). The summed E-state index contributed by atoms with van der Waals surface area (Å²) < 4.78 is 3.27. The van der Waals surface area contributed by atoms with Crippen LogP contribution in [0.2, 0.25) is 0 Å². The second kappa shape index (κ2) is 4.80. The van der Waals surface area contributed by atoms with Crippen molar-refractivity contribution in [3.63, 3.8) is 0 Å². The number of anilines is 1. The fourth-order valence-electron chi connectivity index (χ4n) is 1.40. The van der Waals surface area contributed by atoms with E-state index in [4.69, 9.17) is 0 Å². The first kappa shape index (κ1) is 10.7. The molecule has 0 aromatic carbocycles. The third-order valence-corrected chi connectivity index (χ3v) is 2.79. The minimum atomic E-state index is 0.899. The minimum absolute atomic E-state index is 0.899. The van der Waals surface area contributed by atoms with E-state index in [9.17, 15) is 0 Å². The van der Waals surface area contributed by atoms with Gasteiger partial charge in [0.1, 0.15) is 11.5 Å². The summed E-state index contributed by atoms with van der Waals surface area (Å²) in [6.07, 6.45) is 3.94. The number of fused-ring (bicyclic) bond motifs is 1. The number of nitrogens with zero attached hydrogens (tertiary/aromatic N) is 2. The van der Waals surface area contributed by atoms with E-state index in [0.717, 1.165) is 24.6 Å². The normalized spacial score (nSPS) is 10.8. The van der Waals surface area contributed by atoms with Gasteiger partial charge in [-0.3, -0.25) is 4.40 Å². The van der Waals surface area contributed by atoms with E-state index in [0.29, 0.717) is 0 Å². The van der Waals surface area contributed by atoms with Crippen LogP contribution in [0.15, 0.2) is 24.5 Å². The van der Waals surface area contributed by atoms with Gasteiger partial charge in [0.2, 0.25) is 0 Å². The average Bonchev–Trinajstić information content (AvgIpc) is 2.62. The largest absolute Gasteiger partial charge is 0.369 e. The lowest BCUT2D eigenvalue weighted by Crippen LogP contribution is -2.18. The number of pyridine rings is 1. The molecule has 0 aliphatic rings. The van der Waals surface area contributed by atoms with Crippen molar-refractivity contribution in [1.82, 2.24) is 14.7 Å². The van der Waals surface area contributed by atoms with Crippen LogP contribution in [-0.2, 0) is 0 Å². The molecule has 4 nitrogen and oxygen atoms in total. The summed E-state index contributed by atoms with van der Waals surface area (Å²) in [6.45, 7) is 1.84. The Morgan fingerprint density at radius 3 is 3.07 bits per heavy atom. The van der Waals surface area contributed by atoms with Crippen LogP contribution in [0.4, 0.5) is 5.82 Å². The minimum Gasteiger partial charge on any atom is -0.369 e. The van der Waals surface area contributed by atoms with Gasteiger partial charge in [-0.15, -0.1) is 0 Å². The summed E-state index contributed by atoms with van der Waals surface area (Å²) in [5, 5.41) is 6.43. The Balaban J connectivity index is 2.23. The Kier molecular flexibility index (Phi) is 3.42. The number of hydrogen-bond acceptors (Lipinski definition) is 3. The SMILES string of the molecule is CNCCNc1cnc2ccc(I)cn12. The van der Waals surface area contributed by atoms with E-state index in [2.05, 4.69) is 54.9 Å². The third kappa shape index (κ3) is 2.40. The Morgan fingerprint density at radius 2 is 2.27 bits per heavy atom. The summed E-state index contributed by atoms with van der Waals surface area (Å²) in [5.41, 5.74) is 0.974. The second-order valence-corrected chi connectivity index (χ2v) is 4.49. The molecule has 2 heterocycles. The van der Waals surface area contributed by atoms with Crippen LogP contribution in [-0.4, -0.2) is 29.5 Å². The molecule has 2 aromatic heterocycles. The maximum absolute atomic E-state index is 4.32. The van der Waals surface area contributed by atoms with Gasteiger partial charge < -0.3 is 10.6 Å². The van der Waals surface area contributed by atoms with E-state index >= 15 is 0 Å². The Morgan fingerprint density at radius 1 is 1.40 bits per heavy atom. The number of nitrogens with one attached hydrogen (secondary N) is 2. The molecular weight excluding hydrogens is 303 g/mol. The van der Waals surface area contributed by atoms with Gasteiger partial charge in [-0.2, -0.15) is 0 Å². The summed E-state index contributed by atoms with van der Waals surface area (Å²) in [5.74, 6) is 1.04. The summed E-state index contributed by atoms with van der Waals surface area (Å²) in [4.78, 5) is 4.32. The van der Waals surface area contributed by atoms with E-state index in [1.54, 1.807) is 0 Å². The zero-order valence-corrected chi connectivity index (χ0v) is 10.7. The van der Waals surface area contributed by atoms with Crippen molar-refractivity contribution < 1.29 is 0 Å². The lowest BCUT2D eigenvalue weighted by molar-refractivity contribution is 0.820. The Hall–Kier alpha value is -0.820. The first-order valence-electron chi connectivity index (χ1n) is 4.82. The number of halogens is 1. The number of hydrogen-bond donors (Lipinski definition) is 2. The maximum Gasteiger partial charge on any atom is 0.138 e. The maximum atomic E-state index is 4.32. The monoisotopic (exact) mass is 316 g/mol. The predicted molar refractivity (Wildman–Crippen MR) is 70.3 cm³/mol. The highest BCUT2D eigenvalue weighted by molar-refractivity contribution is 14.1. The van der Waals surface area contributed by atoms with Gasteiger partial charge in [0, 0.05) is 22.9 Å². The first-order chi connectivity index (χ1) is 7.31. The van der Waals surface area contributed by atoms with E-state index in [1.807, 2.05) is 19.3 Å². The van der Waals surface area contributed by atoms with Gasteiger partial charge in [-0.25, -0.2) is 4.98 Å². The molecule has 0 aliphatic heterocycles.